The van der Waals surface area contributed by atoms with Gasteiger partial charge in [0.1, 0.15) is 16.9 Å². The van der Waals surface area contributed by atoms with Crippen LogP contribution in [0.5, 0.6) is 17.2 Å². The van der Waals surface area contributed by atoms with Crippen molar-refractivity contribution in [3.8, 4) is 17.2 Å². The highest BCUT2D eigenvalue weighted by atomic mass is 16.5. The quantitative estimate of drug-likeness (QED) is 0.387. The highest BCUT2D eigenvalue weighted by Gasteiger charge is 2.16. The van der Waals surface area contributed by atoms with Crippen molar-refractivity contribution in [1.82, 2.24) is 5.32 Å². The van der Waals surface area contributed by atoms with Crippen molar-refractivity contribution in [2.45, 2.75) is 6.92 Å². The van der Waals surface area contributed by atoms with Crippen LogP contribution in [0.15, 0.2) is 51.7 Å². The second kappa shape index (κ2) is 8.47. The van der Waals surface area contributed by atoms with Gasteiger partial charge in [-0.2, -0.15) is 0 Å². The van der Waals surface area contributed by atoms with Crippen LogP contribution >= 0.6 is 0 Å². The lowest BCUT2D eigenvalue weighted by Crippen LogP contribution is -2.27. The lowest BCUT2D eigenvalue weighted by Gasteiger charge is -2.10. The van der Waals surface area contributed by atoms with Gasteiger partial charge in [-0.05, 0) is 43.3 Å². The van der Waals surface area contributed by atoms with Gasteiger partial charge in [0.05, 0.1) is 19.8 Å². The van der Waals surface area contributed by atoms with Gasteiger partial charge >= 0.3 is 11.6 Å². The Hall–Kier alpha value is -3.81. The Morgan fingerprint density at radius 2 is 1.76 bits per heavy atom. The number of rotatable bonds is 6. The van der Waals surface area contributed by atoms with Crippen molar-refractivity contribution in [3.63, 3.8) is 0 Å². The fraction of sp³-hybridized carbons (Fsp3) is 0.190. The number of hydrogen-bond acceptors (Lipinski definition) is 7. The Morgan fingerprint density at radius 1 is 1.00 bits per heavy atom. The number of hydrogen-bond donors (Lipinski definition) is 1. The first-order chi connectivity index (χ1) is 14.0. The topological polar surface area (TPSA) is 104 Å². The summed E-state index contributed by atoms with van der Waals surface area (Å²) in [6, 6.07) is 10.6. The van der Waals surface area contributed by atoms with E-state index in [1.54, 1.807) is 31.2 Å². The fourth-order valence-electron chi connectivity index (χ4n) is 2.70. The van der Waals surface area contributed by atoms with E-state index in [0.717, 1.165) is 0 Å². The van der Waals surface area contributed by atoms with Gasteiger partial charge in [0.25, 0.3) is 5.91 Å². The molecule has 150 valence electrons. The van der Waals surface area contributed by atoms with E-state index in [4.69, 9.17) is 18.6 Å². The lowest BCUT2D eigenvalue weighted by atomic mass is 10.1. The Bertz CT molecular complexity index is 1130. The number of ether oxygens (including phenoxy) is 3. The molecule has 0 unspecified atom stereocenters. The molecule has 0 aliphatic rings. The molecule has 8 heteroatoms. The Kier molecular flexibility index (Phi) is 5.82. The molecule has 0 fully saturated rings. The largest absolute Gasteiger partial charge is 0.493 e. The number of carbonyl (C=O) groups excluding carboxylic acids is 2. The zero-order chi connectivity index (χ0) is 21.0. The normalized spacial score (nSPS) is 10.4. The van der Waals surface area contributed by atoms with E-state index in [-0.39, 0.29) is 22.5 Å². The molecule has 0 saturated carbocycles. The van der Waals surface area contributed by atoms with E-state index < -0.39 is 17.5 Å². The lowest BCUT2D eigenvalue weighted by molar-refractivity contribution is 0.0734. The summed E-state index contributed by atoms with van der Waals surface area (Å²) in [4.78, 5) is 36.4. The summed E-state index contributed by atoms with van der Waals surface area (Å²) in [7, 11) is 2.96. The third kappa shape index (κ3) is 4.21. The molecule has 3 aromatic rings. The molecule has 2 aromatic carbocycles. The van der Waals surface area contributed by atoms with Crippen LogP contribution in [0.3, 0.4) is 0 Å². The molecule has 8 nitrogen and oxygen atoms in total. The van der Waals surface area contributed by atoms with Crippen LogP contribution in [0.1, 0.15) is 27.6 Å². The summed E-state index contributed by atoms with van der Waals surface area (Å²) in [6.07, 6.45) is 0. The first-order valence-corrected chi connectivity index (χ1v) is 8.77. The molecule has 0 aliphatic heterocycles. The minimum absolute atomic E-state index is 0.0885. The number of benzene rings is 2. The van der Waals surface area contributed by atoms with Gasteiger partial charge < -0.3 is 23.9 Å². The van der Waals surface area contributed by atoms with E-state index in [0.29, 0.717) is 23.4 Å². The molecule has 0 saturated heterocycles. The molecule has 0 bridgehead atoms. The van der Waals surface area contributed by atoms with Crippen LogP contribution in [0, 0.1) is 0 Å². The number of fused-ring (bicyclic) bond motifs is 1. The summed E-state index contributed by atoms with van der Waals surface area (Å²) < 4.78 is 20.9. The molecular weight excluding hydrogens is 378 g/mol. The van der Waals surface area contributed by atoms with Crippen LogP contribution in [-0.4, -0.2) is 32.6 Å². The molecule has 1 aromatic heterocycles. The van der Waals surface area contributed by atoms with Crippen molar-refractivity contribution in [2.75, 3.05) is 20.8 Å². The summed E-state index contributed by atoms with van der Waals surface area (Å²) >= 11 is 0. The number of amides is 1. The Morgan fingerprint density at radius 3 is 2.45 bits per heavy atom. The Labute approximate surface area is 166 Å². The van der Waals surface area contributed by atoms with Crippen LogP contribution < -0.4 is 25.2 Å². The van der Waals surface area contributed by atoms with Gasteiger partial charge in [0.15, 0.2) is 11.5 Å². The van der Waals surface area contributed by atoms with Gasteiger partial charge in [-0.3, -0.25) is 4.79 Å². The van der Waals surface area contributed by atoms with E-state index in [1.807, 2.05) is 0 Å². The standard InChI is InChI=1S/C21H19NO7/c1-4-22-19(23)15-9-12-5-7-14(11-17(12)29-21(15)25)28-20(24)13-6-8-16(26-2)18(10-13)27-3/h5-11H,4H2,1-3H3,(H,22,23). The molecular formula is C21H19NO7. The average Bonchev–Trinajstić information content (AvgIpc) is 2.72. The molecule has 0 aliphatic carbocycles. The molecule has 3 rings (SSSR count). The summed E-state index contributed by atoms with van der Waals surface area (Å²) in [6.45, 7) is 2.14. The van der Waals surface area contributed by atoms with Crippen molar-refractivity contribution in [2.24, 2.45) is 0 Å². The summed E-state index contributed by atoms with van der Waals surface area (Å²) in [5.41, 5.74) is -0.405. The molecule has 29 heavy (non-hydrogen) atoms. The first kappa shape index (κ1) is 19.9. The van der Waals surface area contributed by atoms with E-state index >= 15 is 0 Å². The molecule has 0 atom stereocenters. The maximum Gasteiger partial charge on any atom is 0.349 e. The van der Waals surface area contributed by atoms with Gasteiger partial charge in [-0.25, -0.2) is 9.59 Å². The second-order valence-electron chi connectivity index (χ2n) is 5.97. The maximum absolute atomic E-state index is 12.4. The van der Waals surface area contributed by atoms with Gasteiger partial charge in [-0.15, -0.1) is 0 Å². The number of nitrogens with one attached hydrogen (secondary N) is 1. The van der Waals surface area contributed by atoms with Crippen LogP contribution in [-0.2, 0) is 0 Å². The smallest absolute Gasteiger partial charge is 0.349 e. The van der Waals surface area contributed by atoms with Crippen molar-refractivity contribution >= 4 is 22.8 Å². The predicted octanol–water partition coefficient (Wildman–Crippen LogP) is 2.78. The summed E-state index contributed by atoms with van der Waals surface area (Å²) in [5, 5.41) is 3.08. The minimum atomic E-state index is -0.771. The third-order valence-corrected chi connectivity index (χ3v) is 4.12. The van der Waals surface area contributed by atoms with E-state index in [2.05, 4.69) is 5.32 Å². The zero-order valence-electron chi connectivity index (χ0n) is 16.1. The fourth-order valence-corrected chi connectivity index (χ4v) is 2.70. The number of carbonyl (C=O) groups is 2. The van der Waals surface area contributed by atoms with Crippen LogP contribution in [0.25, 0.3) is 11.0 Å². The van der Waals surface area contributed by atoms with E-state index in [9.17, 15) is 14.4 Å². The third-order valence-electron chi connectivity index (χ3n) is 4.12. The average molecular weight is 397 g/mol. The number of methoxy groups -OCH3 is 2. The van der Waals surface area contributed by atoms with Gasteiger partial charge in [-0.1, -0.05) is 0 Å². The van der Waals surface area contributed by atoms with Crippen LogP contribution in [0.4, 0.5) is 0 Å². The highest BCUT2D eigenvalue weighted by molar-refractivity contribution is 5.97. The molecule has 1 heterocycles. The van der Waals surface area contributed by atoms with Gasteiger partial charge in [0.2, 0.25) is 0 Å². The van der Waals surface area contributed by atoms with Crippen LogP contribution in [0.2, 0.25) is 0 Å². The maximum atomic E-state index is 12.4. The molecule has 1 N–H and O–H groups in total. The zero-order valence-corrected chi connectivity index (χ0v) is 16.1. The predicted molar refractivity (Wildman–Crippen MR) is 105 cm³/mol. The Balaban J connectivity index is 1.87. The molecule has 0 radical (unpaired) electrons. The summed E-state index contributed by atoms with van der Waals surface area (Å²) in [5.74, 6) is -0.0614. The van der Waals surface area contributed by atoms with Crippen molar-refractivity contribution in [3.05, 3.63) is 64.0 Å². The first-order valence-electron chi connectivity index (χ1n) is 8.77. The highest BCUT2D eigenvalue weighted by Crippen LogP contribution is 2.28. The molecule has 1 amide bonds. The van der Waals surface area contributed by atoms with Crippen molar-refractivity contribution < 1.29 is 28.2 Å². The SMILES string of the molecule is CCNC(=O)c1cc2ccc(OC(=O)c3ccc(OC)c(OC)c3)cc2oc1=O. The monoisotopic (exact) mass is 397 g/mol. The number of esters is 1. The van der Waals surface area contributed by atoms with Gasteiger partial charge in [0, 0.05) is 18.0 Å². The second-order valence-corrected chi connectivity index (χ2v) is 5.97. The van der Waals surface area contributed by atoms with E-state index in [1.165, 1.54) is 32.4 Å². The molecule has 0 spiro atoms. The minimum Gasteiger partial charge on any atom is -0.493 e. The van der Waals surface area contributed by atoms with Crippen molar-refractivity contribution in [1.29, 1.82) is 0 Å².